The van der Waals surface area contributed by atoms with E-state index in [9.17, 15) is 4.79 Å². The van der Waals surface area contributed by atoms with Crippen LogP contribution in [0.25, 0.3) is 10.2 Å². The molecule has 0 saturated heterocycles. The molecular weight excluding hydrogens is 266 g/mol. The molecule has 0 spiro atoms. The molecule has 2 rings (SSSR count). The molecule has 1 unspecified atom stereocenters. The first kappa shape index (κ1) is 13.2. The third kappa shape index (κ3) is 2.94. The maximum atomic E-state index is 11.9. The molecule has 1 heterocycles. The molecule has 96 valence electrons. The van der Waals surface area contributed by atoms with Crippen molar-refractivity contribution in [2.24, 2.45) is 0 Å². The number of benzene rings is 1. The number of nitrogens with zero attached hydrogens (tertiary/aromatic N) is 1. The molecule has 3 N–H and O–H groups in total. The molecular formula is C12H15N3OS2. The van der Waals surface area contributed by atoms with Gasteiger partial charge in [0.2, 0.25) is 5.91 Å². The number of thioether (sulfide) groups is 1. The van der Waals surface area contributed by atoms with E-state index in [1.54, 1.807) is 11.8 Å². The van der Waals surface area contributed by atoms with Crippen molar-refractivity contribution in [1.82, 2.24) is 4.98 Å². The Kier molecular flexibility index (Phi) is 4.08. The summed E-state index contributed by atoms with van der Waals surface area (Å²) in [5, 5.41) is 3.41. The van der Waals surface area contributed by atoms with E-state index in [1.807, 2.05) is 32.0 Å². The Labute approximate surface area is 114 Å². The number of amides is 1. The number of nitrogen functional groups attached to an aromatic ring is 1. The van der Waals surface area contributed by atoms with Crippen LogP contribution in [-0.4, -0.2) is 21.9 Å². The molecule has 1 aromatic carbocycles. The quantitative estimate of drug-likeness (QED) is 0.845. The SMILES string of the molecule is CCSC(C)C(=O)Nc1nc2ccc(N)cc2s1. The Morgan fingerprint density at radius 2 is 2.39 bits per heavy atom. The van der Waals surface area contributed by atoms with Gasteiger partial charge in [0.15, 0.2) is 5.13 Å². The van der Waals surface area contributed by atoms with Gasteiger partial charge < -0.3 is 11.1 Å². The first-order valence-corrected chi connectivity index (χ1v) is 7.55. The molecule has 0 radical (unpaired) electrons. The number of thiazole rings is 1. The first-order valence-electron chi connectivity index (χ1n) is 5.68. The highest BCUT2D eigenvalue weighted by molar-refractivity contribution is 8.00. The Bertz CT molecular complexity index is 567. The van der Waals surface area contributed by atoms with Crippen molar-refractivity contribution in [1.29, 1.82) is 0 Å². The number of rotatable bonds is 4. The third-order valence-corrected chi connectivity index (χ3v) is 4.41. The smallest absolute Gasteiger partial charge is 0.238 e. The zero-order valence-corrected chi connectivity index (χ0v) is 11.9. The third-order valence-electron chi connectivity index (χ3n) is 2.43. The monoisotopic (exact) mass is 281 g/mol. The van der Waals surface area contributed by atoms with E-state index in [1.165, 1.54) is 11.3 Å². The maximum Gasteiger partial charge on any atom is 0.238 e. The zero-order valence-electron chi connectivity index (χ0n) is 10.3. The fraction of sp³-hybridized carbons (Fsp3) is 0.333. The first-order chi connectivity index (χ1) is 8.60. The molecule has 1 aromatic heterocycles. The zero-order chi connectivity index (χ0) is 13.1. The van der Waals surface area contributed by atoms with Gasteiger partial charge in [0, 0.05) is 5.69 Å². The normalized spacial score (nSPS) is 12.6. The minimum Gasteiger partial charge on any atom is -0.399 e. The highest BCUT2D eigenvalue weighted by Crippen LogP contribution is 2.27. The lowest BCUT2D eigenvalue weighted by atomic mass is 10.3. The molecule has 6 heteroatoms. The molecule has 4 nitrogen and oxygen atoms in total. The topological polar surface area (TPSA) is 68.0 Å². The van der Waals surface area contributed by atoms with Crippen LogP contribution in [0, 0.1) is 0 Å². The highest BCUT2D eigenvalue weighted by atomic mass is 32.2. The minimum atomic E-state index is -0.0629. The van der Waals surface area contributed by atoms with Gasteiger partial charge in [-0.3, -0.25) is 4.79 Å². The molecule has 1 atom stereocenters. The van der Waals surface area contributed by atoms with Crippen LogP contribution in [-0.2, 0) is 4.79 Å². The second-order valence-electron chi connectivity index (χ2n) is 3.83. The van der Waals surface area contributed by atoms with E-state index in [0.29, 0.717) is 10.8 Å². The summed E-state index contributed by atoms with van der Waals surface area (Å²) in [5.74, 6) is 0.916. The number of carbonyl (C=O) groups is 1. The van der Waals surface area contributed by atoms with E-state index >= 15 is 0 Å². The summed E-state index contributed by atoms with van der Waals surface area (Å²) < 4.78 is 0.987. The lowest BCUT2D eigenvalue weighted by Crippen LogP contribution is -2.22. The number of hydrogen-bond donors (Lipinski definition) is 2. The number of aromatic nitrogens is 1. The minimum absolute atomic E-state index is 0.00567. The van der Waals surface area contributed by atoms with Gasteiger partial charge in [-0.1, -0.05) is 18.3 Å². The van der Waals surface area contributed by atoms with Crippen LogP contribution in [0.4, 0.5) is 10.8 Å². The Hall–Kier alpha value is -1.27. The van der Waals surface area contributed by atoms with Crippen LogP contribution in [0.2, 0.25) is 0 Å². The Morgan fingerprint density at radius 3 is 3.11 bits per heavy atom. The molecule has 0 fully saturated rings. The van der Waals surface area contributed by atoms with Crippen molar-refractivity contribution in [3.8, 4) is 0 Å². The van der Waals surface area contributed by atoms with Crippen LogP contribution in [0.1, 0.15) is 13.8 Å². The Morgan fingerprint density at radius 1 is 1.61 bits per heavy atom. The number of nitrogens with one attached hydrogen (secondary N) is 1. The molecule has 1 amide bonds. The summed E-state index contributed by atoms with van der Waals surface area (Å²) in [6.45, 7) is 3.93. The number of hydrogen-bond acceptors (Lipinski definition) is 5. The Balaban J connectivity index is 2.14. The van der Waals surface area contributed by atoms with Gasteiger partial charge in [0.05, 0.1) is 15.5 Å². The number of carbonyl (C=O) groups excluding carboxylic acids is 1. The van der Waals surface area contributed by atoms with Crippen LogP contribution >= 0.6 is 23.1 Å². The van der Waals surface area contributed by atoms with Crippen LogP contribution in [0.5, 0.6) is 0 Å². The standard InChI is InChI=1S/C12H15N3OS2/c1-3-17-7(2)11(16)15-12-14-9-5-4-8(13)6-10(9)18-12/h4-7H,3,13H2,1-2H3,(H,14,15,16). The second kappa shape index (κ2) is 5.58. The van der Waals surface area contributed by atoms with Gasteiger partial charge in [-0.2, -0.15) is 0 Å². The van der Waals surface area contributed by atoms with E-state index < -0.39 is 0 Å². The van der Waals surface area contributed by atoms with Gasteiger partial charge in [-0.05, 0) is 30.9 Å². The lowest BCUT2D eigenvalue weighted by molar-refractivity contribution is -0.115. The summed E-state index contributed by atoms with van der Waals surface area (Å²) in [4.78, 5) is 16.2. The van der Waals surface area contributed by atoms with Crippen LogP contribution in [0.15, 0.2) is 18.2 Å². The lowest BCUT2D eigenvalue weighted by Gasteiger charge is -2.08. The number of nitrogens with two attached hydrogens (primary N) is 1. The largest absolute Gasteiger partial charge is 0.399 e. The van der Waals surface area contributed by atoms with E-state index in [2.05, 4.69) is 10.3 Å². The fourth-order valence-electron chi connectivity index (χ4n) is 1.53. The predicted octanol–water partition coefficient (Wildman–Crippen LogP) is 2.96. The summed E-state index contributed by atoms with van der Waals surface area (Å²) in [6.07, 6.45) is 0. The van der Waals surface area contributed by atoms with Gasteiger partial charge >= 0.3 is 0 Å². The average molecular weight is 281 g/mol. The molecule has 0 aliphatic carbocycles. The van der Waals surface area contributed by atoms with Crippen molar-refractivity contribution >= 4 is 50.0 Å². The number of fused-ring (bicyclic) bond motifs is 1. The van der Waals surface area contributed by atoms with Gasteiger partial charge in [-0.25, -0.2) is 4.98 Å². The van der Waals surface area contributed by atoms with Gasteiger partial charge in [0.25, 0.3) is 0 Å². The van der Waals surface area contributed by atoms with E-state index in [0.717, 1.165) is 16.0 Å². The average Bonchev–Trinajstić information content (AvgIpc) is 2.70. The van der Waals surface area contributed by atoms with Gasteiger partial charge in [-0.15, -0.1) is 11.8 Å². The molecule has 2 aromatic rings. The maximum absolute atomic E-state index is 11.9. The summed E-state index contributed by atoms with van der Waals surface area (Å²) in [6, 6.07) is 5.54. The molecule has 0 saturated carbocycles. The van der Waals surface area contributed by atoms with Crippen LogP contribution in [0.3, 0.4) is 0 Å². The number of anilines is 2. The van der Waals surface area contributed by atoms with E-state index in [4.69, 9.17) is 5.73 Å². The van der Waals surface area contributed by atoms with Crippen molar-refractivity contribution < 1.29 is 4.79 Å². The fourth-order valence-corrected chi connectivity index (χ4v) is 3.15. The van der Waals surface area contributed by atoms with Crippen molar-refractivity contribution in [2.45, 2.75) is 19.1 Å². The summed E-state index contributed by atoms with van der Waals surface area (Å²) in [7, 11) is 0. The molecule has 0 bridgehead atoms. The van der Waals surface area contributed by atoms with Crippen LogP contribution < -0.4 is 11.1 Å². The van der Waals surface area contributed by atoms with Crippen molar-refractivity contribution in [3.05, 3.63) is 18.2 Å². The highest BCUT2D eigenvalue weighted by Gasteiger charge is 2.14. The molecule has 0 aliphatic rings. The molecule has 0 aliphatic heterocycles. The van der Waals surface area contributed by atoms with Crippen molar-refractivity contribution in [3.63, 3.8) is 0 Å². The summed E-state index contributed by atoms with van der Waals surface area (Å²) in [5.41, 5.74) is 7.28. The predicted molar refractivity (Wildman–Crippen MR) is 80.3 cm³/mol. The van der Waals surface area contributed by atoms with E-state index in [-0.39, 0.29) is 11.2 Å². The van der Waals surface area contributed by atoms with Crippen molar-refractivity contribution in [2.75, 3.05) is 16.8 Å². The summed E-state index contributed by atoms with van der Waals surface area (Å²) >= 11 is 3.06. The molecule has 18 heavy (non-hydrogen) atoms. The second-order valence-corrected chi connectivity index (χ2v) is 6.48. The van der Waals surface area contributed by atoms with Gasteiger partial charge in [0.1, 0.15) is 0 Å².